The Morgan fingerprint density at radius 1 is 1.33 bits per heavy atom. The first-order valence-corrected chi connectivity index (χ1v) is 7.28. The van der Waals surface area contributed by atoms with E-state index >= 15 is 0 Å². The number of fused-ring (bicyclic) bond motifs is 1. The summed E-state index contributed by atoms with van der Waals surface area (Å²) in [7, 11) is 0. The maximum atomic E-state index is 13.3. The second-order valence-electron chi connectivity index (χ2n) is 5.78. The summed E-state index contributed by atoms with van der Waals surface area (Å²) in [5.41, 5.74) is 1.63. The first-order chi connectivity index (χ1) is 9.90. The summed E-state index contributed by atoms with van der Waals surface area (Å²) in [5, 5.41) is 14.4. The van der Waals surface area contributed by atoms with E-state index in [4.69, 9.17) is 0 Å². The number of hydrogen-bond donors (Lipinski definition) is 0. The maximum Gasteiger partial charge on any atom is 0.214 e. The van der Waals surface area contributed by atoms with E-state index in [1.807, 2.05) is 20.8 Å². The molecule has 0 unspecified atom stereocenters. The lowest BCUT2D eigenvalue weighted by Crippen LogP contribution is -2.14. The Labute approximate surface area is 125 Å². The molecule has 3 aromatic rings. The third kappa shape index (κ3) is 2.30. The van der Waals surface area contributed by atoms with Crippen LogP contribution in [0.1, 0.15) is 32.2 Å². The highest BCUT2D eigenvalue weighted by atomic mass is 32.1. The number of nitriles is 1. The second-order valence-corrected chi connectivity index (χ2v) is 6.74. The summed E-state index contributed by atoms with van der Waals surface area (Å²) in [5.74, 6) is -0.309. The van der Waals surface area contributed by atoms with Crippen molar-refractivity contribution in [2.45, 2.75) is 26.2 Å². The van der Waals surface area contributed by atoms with Crippen molar-refractivity contribution in [1.29, 1.82) is 5.26 Å². The number of hydrogen-bond acceptors (Lipinski definition) is 4. The van der Waals surface area contributed by atoms with Gasteiger partial charge in [0.25, 0.3) is 0 Å². The van der Waals surface area contributed by atoms with Gasteiger partial charge in [-0.15, -0.1) is 0 Å². The van der Waals surface area contributed by atoms with Crippen LogP contribution in [-0.4, -0.2) is 14.6 Å². The van der Waals surface area contributed by atoms with Gasteiger partial charge >= 0.3 is 0 Å². The molecule has 0 aliphatic heterocycles. The fourth-order valence-corrected chi connectivity index (χ4v) is 3.01. The summed E-state index contributed by atoms with van der Waals surface area (Å²) < 4.78 is 14.8. The number of aromatic nitrogens is 3. The van der Waals surface area contributed by atoms with Gasteiger partial charge < -0.3 is 0 Å². The molecule has 0 fully saturated rings. The van der Waals surface area contributed by atoms with Gasteiger partial charge in [-0.05, 0) is 12.1 Å². The minimum Gasteiger partial charge on any atom is -0.221 e. The van der Waals surface area contributed by atoms with Crippen molar-refractivity contribution in [2.75, 3.05) is 0 Å². The Hall–Kier alpha value is -2.26. The standard InChI is InChI=1S/C15H13FN4S/c1-15(2,3)12-11(8-17)20-14(18-12)21-13(19-20)9-5-4-6-10(16)7-9/h4-7H,1-3H3. The molecule has 0 aliphatic carbocycles. The molecule has 106 valence electrons. The highest BCUT2D eigenvalue weighted by molar-refractivity contribution is 7.19. The Kier molecular flexibility index (Phi) is 3.03. The third-order valence-corrected chi connectivity index (χ3v) is 4.05. The summed E-state index contributed by atoms with van der Waals surface area (Å²) >= 11 is 1.35. The van der Waals surface area contributed by atoms with Gasteiger partial charge in [0.15, 0.2) is 5.69 Å². The molecule has 1 aromatic carbocycles. The third-order valence-electron chi connectivity index (χ3n) is 3.09. The van der Waals surface area contributed by atoms with Crippen molar-refractivity contribution >= 4 is 16.3 Å². The average molecular weight is 300 g/mol. The van der Waals surface area contributed by atoms with E-state index < -0.39 is 0 Å². The molecule has 0 bridgehead atoms. The van der Waals surface area contributed by atoms with E-state index in [1.54, 1.807) is 16.6 Å². The van der Waals surface area contributed by atoms with Gasteiger partial charge in [0.05, 0.1) is 5.69 Å². The van der Waals surface area contributed by atoms with Crippen LogP contribution < -0.4 is 0 Å². The molecule has 3 rings (SSSR count). The predicted octanol–water partition coefficient (Wildman–Crippen LogP) is 3.77. The molecular formula is C15H13FN4S. The van der Waals surface area contributed by atoms with E-state index in [1.165, 1.54) is 23.5 Å². The topological polar surface area (TPSA) is 54.0 Å². The molecule has 0 saturated carbocycles. The second kappa shape index (κ2) is 4.64. The number of imidazole rings is 1. The minimum atomic E-state index is -0.309. The van der Waals surface area contributed by atoms with E-state index in [0.717, 1.165) is 5.69 Å². The zero-order valence-electron chi connectivity index (χ0n) is 11.9. The molecule has 2 heterocycles. The summed E-state index contributed by atoms with van der Waals surface area (Å²) in [4.78, 5) is 5.17. The van der Waals surface area contributed by atoms with Crippen molar-refractivity contribution < 1.29 is 4.39 Å². The van der Waals surface area contributed by atoms with Crippen molar-refractivity contribution in [2.24, 2.45) is 0 Å². The van der Waals surface area contributed by atoms with Crippen LogP contribution in [0.25, 0.3) is 15.5 Å². The Morgan fingerprint density at radius 2 is 2.10 bits per heavy atom. The number of nitrogens with zero attached hydrogens (tertiary/aromatic N) is 4. The van der Waals surface area contributed by atoms with Gasteiger partial charge in [-0.2, -0.15) is 14.9 Å². The van der Waals surface area contributed by atoms with Crippen LogP contribution in [0.3, 0.4) is 0 Å². The van der Waals surface area contributed by atoms with Crippen LogP contribution in [0.15, 0.2) is 24.3 Å². The van der Waals surface area contributed by atoms with Crippen molar-refractivity contribution in [1.82, 2.24) is 14.6 Å². The molecule has 0 aliphatic rings. The van der Waals surface area contributed by atoms with E-state index in [2.05, 4.69) is 16.2 Å². The summed E-state index contributed by atoms with van der Waals surface area (Å²) in [6.07, 6.45) is 0. The normalized spacial score (nSPS) is 11.8. The van der Waals surface area contributed by atoms with Crippen molar-refractivity contribution in [3.8, 4) is 16.6 Å². The van der Waals surface area contributed by atoms with Gasteiger partial charge in [0.1, 0.15) is 16.9 Å². The quantitative estimate of drug-likeness (QED) is 0.687. The van der Waals surface area contributed by atoms with Gasteiger partial charge in [-0.3, -0.25) is 0 Å². The Morgan fingerprint density at radius 3 is 2.71 bits per heavy atom. The van der Waals surface area contributed by atoms with Gasteiger partial charge in [0, 0.05) is 11.0 Å². The molecule has 0 saturated heterocycles. The fourth-order valence-electron chi connectivity index (χ4n) is 2.11. The van der Waals surface area contributed by atoms with Crippen molar-refractivity contribution in [3.05, 3.63) is 41.5 Å². The lowest BCUT2D eigenvalue weighted by atomic mass is 9.91. The van der Waals surface area contributed by atoms with E-state index in [9.17, 15) is 9.65 Å². The average Bonchev–Trinajstić information content (AvgIpc) is 2.94. The van der Waals surface area contributed by atoms with Crippen LogP contribution in [0.4, 0.5) is 4.39 Å². The highest BCUT2D eigenvalue weighted by Crippen LogP contribution is 2.31. The number of benzene rings is 1. The van der Waals surface area contributed by atoms with Crippen LogP contribution in [-0.2, 0) is 5.41 Å². The molecule has 21 heavy (non-hydrogen) atoms. The lowest BCUT2D eigenvalue weighted by Gasteiger charge is -2.14. The first-order valence-electron chi connectivity index (χ1n) is 6.46. The SMILES string of the molecule is CC(C)(C)c1nc2sc(-c3cccc(F)c3)nn2c1C#N. The molecule has 0 amide bonds. The zero-order chi connectivity index (χ0) is 15.2. The molecule has 0 N–H and O–H groups in total. The predicted molar refractivity (Wildman–Crippen MR) is 79.7 cm³/mol. The first kappa shape index (κ1) is 13.7. The van der Waals surface area contributed by atoms with Gasteiger partial charge in [-0.1, -0.05) is 44.2 Å². The number of halogens is 1. The Balaban J connectivity index is 2.19. The van der Waals surface area contributed by atoms with E-state index in [-0.39, 0.29) is 11.2 Å². The summed E-state index contributed by atoms with van der Waals surface area (Å²) in [6.45, 7) is 6.02. The molecule has 4 nitrogen and oxygen atoms in total. The molecule has 6 heteroatoms. The molecule has 0 spiro atoms. The van der Waals surface area contributed by atoms with Crippen LogP contribution in [0, 0.1) is 17.1 Å². The van der Waals surface area contributed by atoms with Gasteiger partial charge in [-0.25, -0.2) is 9.37 Å². The smallest absolute Gasteiger partial charge is 0.214 e. The lowest BCUT2D eigenvalue weighted by molar-refractivity contribution is 0.570. The van der Waals surface area contributed by atoms with Crippen LogP contribution in [0.2, 0.25) is 0 Å². The zero-order valence-corrected chi connectivity index (χ0v) is 12.7. The Bertz CT molecular complexity index is 864. The molecule has 0 atom stereocenters. The van der Waals surface area contributed by atoms with Gasteiger partial charge in [0.2, 0.25) is 4.96 Å². The largest absolute Gasteiger partial charge is 0.221 e. The van der Waals surface area contributed by atoms with Crippen LogP contribution >= 0.6 is 11.3 Å². The highest BCUT2D eigenvalue weighted by Gasteiger charge is 2.26. The maximum absolute atomic E-state index is 13.3. The molecule has 0 radical (unpaired) electrons. The monoisotopic (exact) mass is 300 g/mol. The number of rotatable bonds is 1. The van der Waals surface area contributed by atoms with Crippen molar-refractivity contribution in [3.63, 3.8) is 0 Å². The van der Waals surface area contributed by atoms with Crippen LogP contribution in [0.5, 0.6) is 0 Å². The summed E-state index contributed by atoms with van der Waals surface area (Å²) in [6, 6.07) is 8.42. The molecular weight excluding hydrogens is 287 g/mol. The van der Waals surface area contributed by atoms with E-state index in [0.29, 0.717) is 21.2 Å². The fraction of sp³-hybridized carbons (Fsp3) is 0.267. The minimum absolute atomic E-state index is 0.225. The molecule has 2 aromatic heterocycles.